The van der Waals surface area contributed by atoms with Crippen LogP contribution in [0, 0.1) is 11.3 Å². The van der Waals surface area contributed by atoms with Crippen LogP contribution in [0.2, 0.25) is 0 Å². The van der Waals surface area contributed by atoms with Gasteiger partial charge in [-0.3, -0.25) is 4.99 Å². The fraction of sp³-hybridized carbons (Fsp3) is 0.600. The molecule has 2 aliphatic rings. The molecule has 4 N–H and O–H groups in total. The normalized spacial score (nSPS) is 21.0. The van der Waals surface area contributed by atoms with Crippen LogP contribution >= 0.6 is 11.7 Å². The molecule has 0 spiro atoms. The minimum absolute atomic E-state index is 0.0117. The van der Waals surface area contributed by atoms with E-state index in [9.17, 15) is 0 Å². The Labute approximate surface area is 170 Å². The van der Waals surface area contributed by atoms with Crippen LogP contribution in [0.1, 0.15) is 62.8 Å². The Morgan fingerprint density at radius 2 is 2.25 bits per heavy atom. The molecule has 0 radical (unpaired) electrons. The van der Waals surface area contributed by atoms with Crippen LogP contribution in [0.4, 0.5) is 0 Å². The lowest BCUT2D eigenvalue weighted by Gasteiger charge is -2.23. The number of aliphatic hydroxyl groups is 1. The van der Waals surface area contributed by atoms with Crippen LogP contribution in [0.3, 0.4) is 0 Å². The fourth-order valence-electron chi connectivity index (χ4n) is 3.70. The lowest BCUT2D eigenvalue weighted by molar-refractivity contribution is 0.341. The largest absolute Gasteiger partial charge is 0.392 e. The highest BCUT2D eigenvalue weighted by molar-refractivity contribution is 6.99. The highest BCUT2D eigenvalue weighted by Crippen LogP contribution is 2.25. The number of rotatable bonds is 10. The summed E-state index contributed by atoms with van der Waals surface area (Å²) >= 11 is 1.26. The van der Waals surface area contributed by atoms with Crippen LogP contribution in [0.5, 0.6) is 0 Å². The zero-order valence-electron chi connectivity index (χ0n) is 16.2. The van der Waals surface area contributed by atoms with Gasteiger partial charge in [-0.15, -0.1) is 0 Å². The number of allylic oxidation sites excluding steroid dienone is 1. The minimum Gasteiger partial charge on any atom is -0.392 e. The van der Waals surface area contributed by atoms with Gasteiger partial charge in [0.15, 0.2) is 0 Å². The molecule has 1 fully saturated rings. The lowest BCUT2D eigenvalue weighted by atomic mass is 9.84. The summed E-state index contributed by atoms with van der Waals surface area (Å²) in [5.41, 5.74) is 4.07. The predicted molar refractivity (Wildman–Crippen MR) is 115 cm³/mol. The molecule has 1 unspecified atom stereocenters. The number of aryl methyl sites for hydroxylation is 1. The number of nitrogens with zero attached hydrogens (tertiary/aromatic N) is 3. The molecule has 0 saturated heterocycles. The summed E-state index contributed by atoms with van der Waals surface area (Å²) in [6.07, 6.45) is 16.6. The molecule has 2 aliphatic carbocycles. The molecule has 3 rings (SSSR count). The van der Waals surface area contributed by atoms with Crippen molar-refractivity contribution in [3.8, 4) is 0 Å². The first kappa shape index (κ1) is 20.7. The zero-order chi connectivity index (χ0) is 19.6. The van der Waals surface area contributed by atoms with Gasteiger partial charge in [-0.25, -0.2) is 0 Å². The molecule has 8 heteroatoms. The van der Waals surface area contributed by atoms with Gasteiger partial charge in [-0.1, -0.05) is 6.42 Å². The van der Waals surface area contributed by atoms with Crippen molar-refractivity contribution >= 4 is 29.9 Å². The zero-order valence-corrected chi connectivity index (χ0v) is 17.0. The summed E-state index contributed by atoms with van der Waals surface area (Å²) in [5, 5.41) is 23.6. The number of nitrogens with one attached hydrogen (secondary N) is 3. The highest BCUT2D eigenvalue weighted by atomic mass is 32.1. The second-order valence-electron chi connectivity index (χ2n) is 7.35. The van der Waals surface area contributed by atoms with Gasteiger partial charge in [0.1, 0.15) is 11.9 Å². The van der Waals surface area contributed by atoms with E-state index in [4.69, 9.17) is 10.5 Å². The van der Waals surface area contributed by atoms with Crippen LogP contribution in [-0.2, 0) is 6.42 Å². The van der Waals surface area contributed by atoms with Gasteiger partial charge in [0.2, 0.25) is 0 Å². The first-order chi connectivity index (χ1) is 13.8. The van der Waals surface area contributed by atoms with Crippen molar-refractivity contribution in [1.29, 1.82) is 5.41 Å². The lowest BCUT2D eigenvalue weighted by Crippen LogP contribution is -2.25. The van der Waals surface area contributed by atoms with Crippen molar-refractivity contribution in [1.82, 2.24) is 19.4 Å². The average Bonchev–Trinajstić information content (AvgIpc) is 3.17. The van der Waals surface area contributed by atoms with Crippen molar-refractivity contribution in [2.75, 3.05) is 6.61 Å². The first-order valence-electron chi connectivity index (χ1n) is 10.2. The minimum atomic E-state index is -0.0474. The third-order valence-corrected chi connectivity index (χ3v) is 5.90. The Morgan fingerprint density at radius 1 is 1.32 bits per heavy atom. The Balaban J connectivity index is 1.48. The Morgan fingerprint density at radius 3 is 3.11 bits per heavy atom. The smallest absolute Gasteiger partial charge is 0.119 e. The van der Waals surface area contributed by atoms with E-state index in [0.29, 0.717) is 5.92 Å². The molecule has 1 heterocycles. The number of hydrogen-bond acceptors (Lipinski definition) is 7. The van der Waals surface area contributed by atoms with Gasteiger partial charge in [0.05, 0.1) is 30.4 Å². The summed E-state index contributed by atoms with van der Waals surface area (Å²) < 4.78 is 8.59. The standard InChI is InChI=1S/C20H30N6OS/c21-17-7-2-1-5-15(17)6-3-8-20(22-11-4-12-27)24-14-23-16-9-10-18-19(13-16)26-28-25-18/h4,11,13-15,20-22,27H,1-3,5-10,12H2,(H,23,24)/b11-4+,21-17?/t15-,20?/m0/s1. The molecule has 2 atom stereocenters. The third-order valence-electron chi connectivity index (χ3n) is 5.32. The van der Waals surface area contributed by atoms with Crippen molar-refractivity contribution < 1.29 is 5.11 Å². The summed E-state index contributed by atoms with van der Waals surface area (Å²) in [4.78, 5) is 4.63. The van der Waals surface area contributed by atoms with E-state index in [1.807, 2.05) is 6.08 Å². The number of hydrogen-bond donors (Lipinski definition) is 4. The van der Waals surface area contributed by atoms with Crippen LogP contribution < -0.4 is 10.6 Å². The van der Waals surface area contributed by atoms with Crippen molar-refractivity contribution in [2.45, 2.75) is 64.0 Å². The summed E-state index contributed by atoms with van der Waals surface area (Å²) in [6.45, 7) is 0.0117. The molecular formula is C20H30N6OS. The molecule has 28 heavy (non-hydrogen) atoms. The summed E-state index contributed by atoms with van der Waals surface area (Å²) in [5.74, 6) is 0.456. The van der Waals surface area contributed by atoms with Gasteiger partial charge >= 0.3 is 0 Å². The van der Waals surface area contributed by atoms with Gasteiger partial charge in [0.25, 0.3) is 0 Å². The fourth-order valence-corrected chi connectivity index (χ4v) is 4.27. The van der Waals surface area contributed by atoms with Gasteiger partial charge in [-0.2, -0.15) is 8.75 Å². The number of aromatic nitrogens is 2. The van der Waals surface area contributed by atoms with E-state index in [-0.39, 0.29) is 12.8 Å². The maximum Gasteiger partial charge on any atom is 0.119 e. The van der Waals surface area contributed by atoms with Crippen molar-refractivity contribution in [2.24, 2.45) is 10.9 Å². The number of aliphatic hydroxyl groups excluding tert-OH is 1. The molecule has 1 aromatic heterocycles. The topological polar surface area (TPSA) is 106 Å². The number of aliphatic imine (C=N–C) groups is 1. The second kappa shape index (κ2) is 11.1. The molecule has 0 aliphatic heterocycles. The maximum atomic E-state index is 8.94. The van der Waals surface area contributed by atoms with E-state index < -0.39 is 0 Å². The summed E-state index contributed by atoms with van der Waals surface area (Å²) in [7, 11) is 0. The van der Waals surface area contributed by atoms with Crippen molar-refractivity contribution in [3.05, 3.63) is 29.4 Å². The molecule has 1 saturated carbocycles. The molecular weight excluding hydrogens is 372 g/mol. The molecule has 0 bridgehead atoms. The Kier molecular flexibility index (Phi) is 8.17. The van der Waals surface area contributed by atoms with Gasteiger partial charge in [-0.05, 0) is 75.6 Å². The quantitative estimate of drug-likeness (QED) is 0.355. The third kappa shape index (κ3) is 6.24. The van der Waals surface area contributed by atoms with Gasteiger partial charge in [0, 0.05) is 11.4 Å². The van der Waals surface area contributed by atoms with E-state index in [2.05, 4.69) is 24.4 Å². The van der Waals surface area contributed by atoms with E-state index in [0.717, 1.165) is 67.7 Å². The predicted octanol–water partition coefficient (Wildman–Crippen LogP) is 3.25. The van der Waals surface area contributed by atoms with Crippen LogP contribution in [0.25, 0.3) is 6.08 Å². The Bertz CT molecular complexity index is 726. The molecule has 152 valence electrons. The SMILES string of the molecule is N=C1CCCC[C@H]1CCCC(N=CNC1=Cc2nsnc2CC1)N/C=C/CO. The van der Waals surface area contributed by atoms with E-state index in [1.165, 1.54) is 24.6 Å². The van der Waals surface area contributed by atoms with E-state index >= 15 is 0 Å². The Hall–Kier alpha value is -2.06. The van der Waals surface area contributed by atoms with Crippen LogP contribution in [0.15, 0.2) is 23.0 Å². The first-order valence-corrected chi connectivity index (χ1v) is 10.9. The second-order valence-corrected chi connectivity index (χ2v) is 7.88. The van der Waals surface area contributed by atoms with Crippen molar-refractivity contribution in [3.63, 3.8) is 0 Å². The summed E-state index contributed by atoms with van der Waals surface area (Å²) in [6, 6.07) is 0. The molecule has 1 aromatic rings. The average molecular weight is 403 g/mol. The van der Waals surface area contributed by atoms with Gasteiger partial charge < -0.3 is 21.1 Å². The van der Waals surface area contributed by atoms with Crippen LogP contribution in [-0.4, -0.2) is 38.7 Å². The maximum absolute atomic E-state index is 8.94. The molecule has 0 amide bonds. The monoisotopic (exact) mass is 402 g/mol. The van der Waals surface area contributed by atoms with E-state index in [1.54, 1.807) is 18.6 Å². The molecule has 7 nitrogen and oxygen atoms in total. The number of fused-ring (bicyclic) bond motifs is 1. The highest BCUT2D eigenvalue weighted by Gasteiger charge is 2.19. The molecule has 0 aromatic carbocycles.